The summed E-state index contributed by atoms with van der Waals surface area (Å²) in [7, 11) is -3.70. The zero-order valence-electron chi connectivity index (χ0n) is 11.2. The van der Waals surface area contributed by atoms with Gasteiger partial charge in [-0.1, -0.05) is 18.2 Å². The van der Waals surface area contributed by atoms with E-state index in [0.717, 1.165) is 0 Å². The van der Waals surface area contributed by atoms with Crippen LogP contribution in [0.4, 0.5) is 4.39 Å². The number of carbonyl (C=O) groups is 1. The highest BCUT2D eigenvalue weighted by molar-refractivity contribution is 7.90. The van der Waals surface area contributed by atoms with Crippen LogP contribution in [0, 0.1) is 12.7 Å². The Hall–Kier alpha value is -2.21. The van der Waals surface area contributed by atoms with Gasteiger partial charge in [0.1, 0.15) is 5.82 Å². The summed E-state index contributed by atoms with van der Waals surface area (Å²) < 4.78 is 37.6. The molecule has 0 spiro atoms. The van der Waals surface area contributed by atoms with Crippen LogP contribution in [0.3, 0.4) is 0 Å². The van der Waals surface area contributed by atoms with E-state index in [9.17, 15) is 17.6 Å². The third kappa shape index (κ3) is 3.28. The molecule has 110 valence electrons. The average Bonchev–Trinajstić information content (AvgIpc) is 2.41. The van der Waals surface area contributed by atoms with Crippen LogP contribution < -0.4 is 0 Å². The zero-order chi connectivity index (χ0) is 15.6. The number of rotatable bonds is 4. The van der Waals surface area contributed by atoms with E-state index in [0.29, 0.717) is 5.56 Å². The second-order valence-corrected chi connectivity index (χ2v) is 6.58. The fraction of sp³-hybridized carbons (Fsp3) is 0.133. The first-order valence-corrected chi connectivity index (χ1v) is 7.76. The first-order chi connectivity index (χ1) is 9.81. The minimum atomic E-state index is -3.70. The fourth-order valence-corrected chi connectivity index (χ4v) is 3.71. The summed E-state index contributed by atoms with van der Waals surface area (Å²) in [5, 5.41) is 9.04. The summed E-state index contributed by atoms with van der Waals surface area (Å²) in [5.41, 5.74) is 0.596. The SMILES string of the molecule is Cc1c(C(=O)O)cccc1S(=O)(=O)Cc1ccc(F)cc1. The highest BCUT2D eigenvalue weighted by atomic mass is 32.2. The Balaban J connectivity index is 2.42. The average molecular weight is 308 g/mol. The van der Waals surface area contributed by atoms with E-state index >= 15 is 0 Å². The molecule has 0 radical (unpaired) electrons. The van der Waals surface area contributed by atoms with Gasteiger partial charge in [0, 0.05) is 0 Å². The summed E-state index contributed by atoms with van der Waals surface area (Å²) >= 11 is 0. The number of aromatic carboxylic acids is 1. The smallest absolute Gasteiger partial charge is 0.335 e. The maximum atomic E-state index is 12.8. The molecule has 1 N–H and O–H groups in total. The van der Waals surface area contributed by atoms with Gasteiger partial charge in [-0.15, -0.1) is 0 Å². The molecule has 0 saturated carbocycles. The van der Waals surface area contributed by atoms with Gasteiger partial charge in [-0.3, -0.25) is 0 Å². The van der Waals surface area contributed by atoms with Crippen molar-refractivity contribution < 1.29 is 22.7 Å². The molecule has 0 aromatic heterocycles. The van der Waals surface area contributed by atoms with Crippen molar-refractivity contribution in [3.8, 4) is 0 Å². The normalized spacial score (nSPS) is 11.3. The summed E-state index contributed by atoms with van der Waals surface area (Å²) in [6.07, 6.45) is 0. The molecule has 2 aromatic rings. The molecule has 4 nitrogen and oxygen atoms in total. The maximum Gasteiger partial charge on any atom is 0.335 e. The van der Waals surface area contributed by atoms with Gasteiger partial charge in [0.05, 0.1) is 16.2 Å². The van der Waals surface area contributed by atoms with Crippen molar-refractivity contribution in [3.05, 3.63) is 65.0 Å². The Morgan fingerprint density at radius 2 is 1.76 bits per heavy atom. The molecule has 0 atom stereocenters. The highest BCUT2D eigenvalue weighted by Gasteiger charge is 2.21. The van der Waals surface area contributed by atoms with Crippen molar-refractivity contribution in [2.24, 2.45) is 0 Å². The Kier molecular flexibility index (Phi) is 4.09. The van der Waals surface area contributed by atoms with Crippen molar-refractivity contribution >= 4 is 15.8 Å². The number of halogens is 1. The maximum absolute atomic E-state index is 12.8. The van der Waals surface area contributed by atoms with Crippen molar-refractivity contribution in [3.63, 3.8) is 0 Å². The number of sulfone groups is 1. The van der Waals surface area contributed by atoms with E-state index in [2.05, 4.69) is 0 Å². The lowest BCUT2D eigenvalue weighted by Crippen LogP contribution is -2.10. The van der Waals surface area contributed by atoms with Gasteiger partial charge in [0.25, 0.3) is 0 Å². The molecule has 0 aliphatic carbocycles. The van der Waals surface area contributed by atoms with Crippen LogP contribution in [0.2, 0.25) is 0 Å². The highest BCUT2D eigenvalue weighted by Crippen LogP contribution is 2.23. The van der Waals surface area contributed by atoms with E-state index < -0.39 is 21.6 Å². The number of hydrogen-bond acceptors (Lipinski definition) is 3. The summed E-state index contributed by atoms with van der Waals surface area (Å²) in [6.45, 7) is 1.46. The van der Waals surface area contributed by atoms with Gasteiger partial charge < -0.3 is 5.11 Å². The lowest BCUT2D eigenvalue weighted by Gasteiger charge is -2.10. The third-order valence-corrected chi connectivity index (χ3v) is 4.95. The zero-order valence-corrected chi connectivity index (χ0v) is 12.0. The molecule has 0 saturated heterocycles. The minimum absolute atomic E-state index is 0.0216. The van der Waals surface area contributed by atoms with Gasteiger partial charge in [-0.2, -0.15) is 0 Å². The van der Waals surface area contributed by atoms with Crippen molar-refractivity contribution in [1.29, 1.82) is 0 Å². The van der Waals surface area contributed by atoms with Gasteiger partial charge in [0.2, 0.25) is 0 Å². The van der Waals surface area contributed by atoms with E-state index in [4.69, 9.17) is 5.11 Å². The third-order valence-electron chi connectivity index (χ3n) is 3.12. The van der Waals surface area contributed by atoms with E-state index in [1.165, 1.54) is 49.4 Å². The lowest BCUT2D eigenvalue weighted by molar-refractivity contribution is 0.0696. The van der Waals surface area contributed by atoms with Gasteiger partial charge in [-0.05, 0) is 42.3 Å². The number of carboxylic acids is 1. The van der Waals surface area contributed by atoms with E-state index in [1.807, 2.05) is 0 Å². The molecule has 0 bridgehead atoms. The topological polar surface area (TPSA) is 71.4 Å². The standard InChI is InChI=1S/C15H13FO4S/c1-10-13(15(17)18)3-2-4-14(10)21(19,20)9-11-5-7-12(16)8-6-11/h2-8H,9H2,1H3,(H,17,18). The minimum Gasteiger partial charge on any atom is -0.478 e. The molecule has 2 rings (SSSR count). The number of benzene rings is 2. The van der Waals surface area contributed by atoms with Crippen LogP contribution in [0.15, 0.2) is 47.4 Å². The molecule has 2 aromatic carbocycles. The molecule has 21 heavy (non-hydrogen) atoms. The molecular formula is C15H13FO4S. The Morgan fingerprint density at radius 1 is 1.14 bits per heavy atom. The summed E-state index contributed by atoms with van der Waals surface area (Å²) in [5.74, 6) is -1.93. The largest absolute Gasteiger partial charge is 0.478 e. The van der Waals surface area contributed by atoms with Crippen molar-refractivity contribution in [2.75, 3.05) is 0 Å². The Labute approximate surface area is 121 Å². The molecule has 0 heterocycles. The molecule has 0 aliphatic rings. The van der Waals surface area contributed by atoms with E-state index in [1.54, 1.807) is 0 Å². The van der Waals surface area contributed by atoms with Crippen LogP contribution in [-0.2, 0) is 15.6 Å². The fourth-order valence-electron chi connectivity index (χ4n) is 2.06. The first-order valence-electron chi connectivity index (χ1n) is 6.11. The molecule has 0 unspecified atom stereocenters. The molecule has 6 heteroatoms. The van der Waals surface area contributed by atoms with Crippen LogP contribution >= 0.6 is 0 Å². The van der Waals surface area contributed by atoms with Crippen LogP contribution in [-0.4, -0.2) is 19.5 Å². The predicted octanol–water partition coefficient (Wildman–Crippen LogP) is 2.81. The second kappa shape index (κ2) is 5.65. The van der Waals surface area contributed by atoms with Crippen molar-refractivity contribution in [2.45, 2.75) is 17.6 Å². The molecule has 0 fully saturated rings. The Bertz CT molecular complexity index is 780. The predicted molar refractivity (Wildman–Crippen MR) is 75.4 cm³/mol. The number of carboxylic acid groups (broad SMARTS) is 1. The van der Waals surface area contributed by atoms with Crippen LogP contribution in [0.5, 0.6) is 0 Å². The second-order valence-electron chi connectivity index (χ2n) is 4.62. The molecule has 0 amide bonds. The molecular weight excluding hydrogens is 295 g/mol. The quantitative estimate of drug-likeness (QED) is 0.942. The first kappa shape index (κ1) is 15.2. The number of hydrogen-bond donors (Lipinski definition) is 1. The van der Waals surface area contributed by atoms with E-state index in [-0.39, 0.29) is 21.8 Å². The van der Waals surface area contributed by atoms with Crippen molar-refractivity contribution in [1.82, 2.24) is 0 Å². The lowest BCUT2D eigenvalue weighted by atomic mass is 10.1. The van der Waals surface area contributed by atoms with Crippen LogP contribution in [0.1, 0.15) is 21.5 Å². The molecule has 0 aliphatic heterocycles. The van der Waals surface area contributed by atoms with Gasteiger partial charge >= 0.3 is 5.97 Å². The Morgan fingerprint density at radius 3 is 2.33 bits per heavy atom. The summed E-state index contributed by atoms with van der Waals surface area (Å²) in [4.78, 5) is 11.0. The summed E-state index contributed by atoms with van der Waals surface area (Å²) in [6, 6.07) is 9.28. The van der Waals surface area contributed by atoms with Gasteiger partial charge in [-0.25, -0.2) is 17.6 Å². The monoisotopic (exact) mass is 308 g/mol. The van der Waals surface area contributed by atoms with Gasteiger partial charge in [0.15, 0.2) is 9.84 Å². The van der Waals surface area contributed by atoms with Crippen LogP contribution in [0.25, 0.3) is 0 Å².